The van der Waals surface area contributed by atoms with Crippen LogP contribution < -0.4 is 10.0 Å². The lowest BCUT2D eigenvalue weighted by Crippen LogP contribution is -2.31. The average molecular weight is 411 g/mol. The largest absolute Gasteiger partial charge is 0.462 e. The Hall–Kier alpha value is -2.23. The summed E-state index contributed by atoms with van der Waals surface area (Å²) in [6.45, 7) is 3.48. The van der Waals surface area contributed by atoms with Gasteiger partial charge in [0.05, 0.1) is 11.0 Å². The summed E-state index contributed by atoms with van der Waals surface area (Å²) in [5.41, 5.74) is 0.255. The second kappa shape index (κ2) is 9.63. The molecule has 0 radical (unpaired) electrons. The zero-order chi connectivity index (χ0) is 19.9. The van der Waals surface area contributed by atoms with Gasteiger partial charge in [-0.25, -0.2) is 13.1 Å². The van der Waals surface area contributed by atoms with E-state index in [1.54, 1.807) is 25.2 Å². The van der Waals surface area contributed by atoms with E-state index >= 15 is 0 Å². The molecule has 2 aromatic rings. The van der Waals surface area contributed by atoms with Gasteiger partial charge in [-0.15, -0.1) is 11.3 Å². The van der Waals surface area contributed by atoms with E-state index < -0.39 is 21.9 Å². The molecular formula is C18H22N2O5S2. The molecule has 1 amide bonds. The molecule has 0 spiro atoms. The van der Waals surface area contributed by atoms with Gasteiger partial charge in [0.1, 0.15) is 6.54 Å². The van der Waals surface area contributed by atoms with Crippen LogP contribution >= 0.6 is 11.3 Å². The lowest BCUT2D eigenvalue weighted by molar-refractivity contribution is -0.146. The molecular weight excluding hydrogens is 388 g/mol. The fourth-order valence-electron chi connectivity index (χ4n) is 2.19. The number of benzene rings is 1. The molecule has 2 N–H and O–H groups in total. The normalized spacial score (nSPS) is 11.4. The molecule has 7 nitrogen and oxygen atoms in total. The van der Waals surface area contributed by atoms with Crippen molar-refractivity contribution in [3.63, 3.8) is 0 Å². The predicted molar refractivity (Wildman–Crippen MR) is 103 cm³/mol. The van der Waals surface area contributed by atoms with Crippen LogP contribution in [0.1, 0.15) is 29.1 Å². The van der Waals surface area contributed by atoms with Gasteiger partial charge in [0.2, 0.25) is 10.0 Å². The molecule has 0 saturated carbocycles. The highest BCUT2D eigenvalue weighted by Gasteiger charge is 2.15. The van der Waals surface area contributed by atoms with Gasteiger partial charge < -0.3 is 10.1 Å². The third-order valence-corrected chi connectivity index (χ3v) is 5.84. The van der Waals surface area contributed by atoms with E-state index in [-0.39, 0.29) is 23.1 Å². The van der Waals surface area contributed by atoms with Gasteiger partial charge in [-0.2, -0.15) is 0 Å². The number of amides is 1. The summed E-state index contributed by atoms with van der Waals surface area (Å²) < 4.78 is 32.0. The van der Waals surface area contributed by atoms with Crippen molar-refractivity contribution in [3.05, 3.63) is 52.2 Å². The van der Waals surface area contributed by atoms with Crippen molar-refractivity contribution in [2.75, 3.05) is 13.1 Å². The minimum Gasteiger partial charge on any atom is -0.462 e. The molecule has 0 fully saturated rings. The lowest BCUT2D eigenvalue weighted by atomic mass is 10.2. The number of ether oxygens (including phenoxy) is 1. The Morgan fingerprint density at radius 2 is 1.85 bits per heavy atom. The Morgan fingerprint density at radius 3 is 2.44 bits per heavy atom. The van der Waals surface area contributed by atoms with Crippen LogP contribution in [0.25, 0.3) is 0 Å². The summed E-state index contributed by atoms with van der Waals surface area (Å²) in [7, 11) is -3.65. The molecule has 1 aromatic carbocycles. The second-order valence-corrected chi connectivity index (χ2v) is 8.77. The molecule has 0 atom stereocenters. The molecule has 0 saturated heterocycles. The number of carbonyl (C=O) groups is 2. The smallest absolute Gasteiger partial charge is 0.325 e. The molecule has 146 valence electrons. The van der Waals surface area contributed by atoms with E-state index in [2.05, 4.69) is 10.0 Å². The molecule has 9 heteroatoms. The molecule has 27 heavy (non-hydrogen) atoms. The maximum Gasteiger partial charge on any atom is 0.325 e. The van der Waals surface area contributed by atoms with Gasteiger partial charge in [0.25, 0.3) is 5.91 Å². The monoisotopic (exact) mass is 410 g/mol. The Morgan fingerprint density at radius 1 is 1.15 bits per heavy atom. The van der Waals surface area contributed by atoms with Crippen molar-refractivity contribution < 1.29 is 22.7 Å². The van der Waals surface area contributed by atoms with E-state index in [4.69, 9.17) is 4.74 Å². The average Bonchev–Trinajstić information content (AvgIpc) is 3.12. The first-order chi connectivity index (χ1) is 12.8. The Kier molecular flexibility index (Phi) is 7.52. The van der Waals surface area contributed by atoms with E-state index in [0.717, 1.165) is 4.88 Å². The third-order valence-electron chi connectivity index (χ3n) is 3.43. The zero-order valence-corrected chi connectivity index (χ0v) is 16.7. The zero-order valence-electron chi connectivity index (χ0n) is 15.1. The quantitative estimate of drug-likeness (QED) is 0.615. The highest BCUT2D eigenvalue weighted by Crippen LogP contribution is 2.12. The van der Waals surface area contributed by atoms with Crippen LogP contribution in [0.15, 0.2) is 46.7 Å². The number of sulfonamides is 1. The molecule has 0 bridgehead atoms. The summed E-state index contributed by atoms with van der Waals surface area (Å²) in [6, 6.07) is 9.38. The van der Waals surface area contributed by atoms with E-state index in [1.807, 2.05) is 17.5 Å². The minimum absolute atomic E-state index is 0.0736. The van der Waals surface area contributed by atoms with Gasteiger partial charge >= 0.3 is 5.97 Å². The number of thiophene rings is 1. The Bertz CT molecular complexity index is 860. The molecule has 0 aliphatic rings. The first kappa shape index (κ1) is 21.1. The number of rotatable bonds is 9. The van der Waals surface area contributed by atoms with Crippen molar-refractivity contribution in [2.24, 2.45) is 0 Å². The first-order valence-electron chi connectivity index (χ1n) is 8.38. The minimum atomic E-state index is -3.65. The topological polar surface area (TPSA) is 102 Å². The number of carbonyl (C=O) groups excluding carboxylic acids is 2. The SMILES string of the molecule is CC(C)OC(=O)CNC(=O)c1ccc(S(=O)(=O)NCCc2cccs2)cc1. The lowest BCUT2D eigenvalue weighted by Gasteiger charge is -2.09. The van der Waals surface area contributed by atoms with Crippen molar-refractivity contribution in [1.82, 2.24) is 10.0 Å². The Labute approximate surface area is 162 Å². The number of hydrogen-bond acceptors (Lipinski definition) is 6. The highest BCUT2D eigenvalue weighted by atomic mass is 32.2. The van der Waals surface area contributed by atoms with Crippen LogP contribution in [0, 0.1) is 0 Å². The third kappa shape index (κ3) is 6.78. The summed E-state index contributed by atoms with van der Waals surface area (Å²) in [4.78, 5) is 24.6. The van der Waals surface area contributed by atoms with E-state index in [1.165, 1.54) is 24.3 Å². The molecule has 0 aliphatic carbocycles. The predicted octanol–water partition coefficient (Wildman–Crippen LogP) is 1.95. The van der Waals surface area contributed by atoms with Gasteiger partial charge in [0.15, 0.2) is 0 Å². The van der Waals surface area contributed by atoms with Gasteiger partial charge in [-0.05, 0) is 56.0 Å². The second-order valence-electron chi connectivity index (χ2n) is 5.97. The standard InChI is InChI=1S/C18H22N2O5S2/c1-13(2)25-17(21)12-19-18(22)14-5-7-16(8-6-14)27(23,24)20-10-9-15-4-3-11-26-15/h3-8,11,13,20H,9-10,12H2,1-2H3,(H,19,22). The fourth-order valence-corrected chi connectivity index (χ4v) is 3.93. The summed E-state index contributed by atoms with van der Waals surface area (Å²) >= 11 is 1.57. The fraction of sp³-hybridized carbons (Fsp3) is 0.333. The number of esters is 1. The van der Waals surface area contributed by atoms with Crippen LogP contribution in [0.2, 0.25) is 0 Å². The Balaban J connectivity index is 1.89. The first-order valence-corrected chi connectivity index (χ1v) is 10.7. The van der Waals surface area contributed by atoms with Crippen LogP contribution in [0.3, 0.4) is 0 Å². The van der Waals surface area contributed by atoms with Crippen molar-refractivity contribution in [2.45, 2.75) is 31.3 Å². The summed E-state index contributed by atoms with van der Waals surface area (Å²) in [5, 5.41) is 4.38. The number of nitrogens with one attached hydrogen (secondary N) is 2. The van der Waals surface area contributed by atoms with Crippen molar-refractivity contribution >= 4 is 33.2 Å². The van der Waals surface area contributed by atoms with Crippen LogP contribution in [-0.2, 0) is 26.0 Å². The molecule has 1 heterocycles. The maximum atomic E-state index is 12.3. The van der Waals surface area contributed by atoms with Crippen LogP contribution in [-0.4, -0.2) is 39.5 Å². The highest BCUT2D eigenvalue weighted by molar-refractivity contribution is 7.89. The van der Waals surface area contributed by atoms with Gasteiger partial charge in [0, 0.05) is 17.0 Å². The van der Waals surface area contributed by atoms with Crippen LogP contribution in [0.4, 0.5) is 0 Å². The number of hydrogen-bond donors (Lipinski definition) is 2. The molecule has 1 aromatic heterocycles. The maximum absolute atomic E-state index is 12.3. The molecule has 0 unspecified atom stereocenters. The van der Waals surface area contributed by atoms with Gasteiger partial charge in [-0.1, -0.05) is 6.07 Å². The molecule has 2 rings (SSSR count). The van der Waals surface area contributed by atoms with Crippen molar-refractivity contribution in [3.8, 4) is 0 Å². The van der Waals surface area contributed by atoms with E-state index in [9.17, 15) is 18.0 Å². The summed E-state index contributed by atoms with van der Waals surface area (Å²) in [5.74, 6) is -1.02. The van der Waals surface area contributed by atoms with Gasteiger partial charge in [-0.3, -0.25) is 9.59 Å². The van der Waals surface area contributed by atoms with E-state index in [0.29, 0.717) is 13.0 Å². The summed E-state index contributed by atoms with van der Waals surface area (Å²) in [6.07, 6.45) is 0.357. The van der Waals surface area contributed by atoms with Crippen molar-refractivity contribution in [1.29, 1.82) is 0 Å². The molecule has 0 aliphatic heterocycles. The van der Waals surface area contributed by atoms with Crippen LogP contribution in [0.5, 0.6) is 0 Å².